The first kappa shape index (κ1) is 8.13. The van der Waals surface area contributed by atoms with Gasteiger partial charge >= 0.3 is 5.69 Å². The number of H-pyrrole nitrogens is 1. The summed E-state index contributed by atoms with van der Waals surface area (Å²) < 4.78 is 1.14. The third kappa shape index (κ3) is 1.74. The molecule has 1 aromatic rings. The van der Waals surface area contributed by atoms with Gasteiger partial charge in [0.1, 0.15) is 0 Å². The Balaban J connectivity index is 3.22. The molecule has 0 aliphatic carbocycles. The van der Waals surface area contributed by atoms with E-state index in [1.54, 1.807) is 0 Å². The van der Waals surface area contributed by atoms with E-state index in [0.717, 1.165) is 4.57 Å². The Morgan fingerprint density at radius 3 is 2.91 bits per heavy atom. The van der Waals surface area contributed by atoms with Gasteiger partial charge in [-0.05, 0) is 6.26 Å². The quantitative estimate of drug-likeness (QED) is 0.675. The Kier molecular flexibility index (Phi) is 2.53. The summed E-state index contributed by atoms with van der Waals surface area (Å²) in [5.41, 5.74) is -0.616. The van der Waals surface area contributed by atoms with E-state index in [0.29, 0.717) is 5.88 Å². The molecule has 1 rings (SSSR count). The number of rotatable bonds is 2. The Morgan fingerprint density at radius 1 is 1.64 bits per heavy atom. The number of thioether (sulfide) groups is 1. The molecule has 0 unspecified atom stereocenters. The highest BCUT2D eigenvalue weighted by atomic mass is 32.2. The Bertz CT molecular complexity index is 313. The maximum atomic E-state index is 11.0. The largest absolute Gasteiger partial charge is 0.329 e. The summed E-state index contributed by atoms with van der Waals surface area (Å²) in [5, 5.41) is 0. The molecule has 0 aliphatic heterocycles. The average Bonchev–Trinajstić information content (AvgIpc) is 1.97. The molecule has 5 heteroatoms. The van der Waals surface area contributed by atoms with Crippen molar-refractivity contribution in [2.75, 3.05) is 6.26 Å². The van der Waals surface area contributed by atoms with Crippen molar-refractivity contribution in [3.63, 3.8) is 0 Å². The van der Waals surface area contributed by atoms with Crippen LogP contribution in [0.1, 0.15) is 0 Å². The van der Waals surface area contributed by atoms with Crippen molar-refractivity contribution in [1.82, 2.24) is 9.55 Å². The average molecular weight is 172 g/mol. The predicted molar refractivity (Wildman–Crippen MR) is 44.8 cm³/mol. The van der Waals surface area contributed by atoms with Crippen LogP contribution in [0.2, 0.25) is 0 Å². The molecule has 1 heterocycles. The molecule has 0 bridgehead atoms. The maximum absolute atomic E-state index is 11.0. The SMILES string of the molecule is CSCn1c(=O)cc[nH]c1=O. The number of hydrogen-bond acceptors (Lipinski definition) is 3. The molecule has 0 aromatic carbocycles. The number of nitrogens with one attached hydrogen (secondary N) is 1. The van der Waals surface area contributed by atoms with Crippen molar-refractivity contribution in [2.45, 2.75) is 5.88 Å². The number of nitrogens with zero attached hydrogens (tertiary/aromatic N) is 1. The van der Waals surface area contributed by atoms with Gasteiger partial charge in [0, 0.05) is 12.3 Å². The Morgan fingerprint density at radius 2 is 2.36 bits per heavy atom. The predicted octanol–water partition coefficient (Wildman–Crippen LogP) is -0.143. The molecule has 0 atom stereocenters. The number of hydrogen-bond donors (Lipinski definition) is 1. The third-order valence-electron chi connectivity index (χ3n) is 1.20. The van der Waals surface area contributed by atoms with Crippen LogP contribution in [0.3, 0.4) is 0 Å². The molecule has 0 fully saturated rings. The maximum Gasteiger partial charge on any atom is 0.329 e. The summed E-state index contributed by atoms with van der Waals surface area (Å²) in [6.07, 6.45) is 3.18. The van der Waals surface area contributed by atoms with Crippen LogP contribution in [0.15, 0.2) is 21.9 Å². The third-order valence-corrected chi connectivity index (χ3v) is 1.72. The van der Waals surface area contributed by atoms with E-state index < -0.39 is 0 Å². The van der Waals surface area contributed by atoms with Gasteiger partial charge in [-0.1, -0.05) is 0 Å². The zero-order chi connectivity index (χ0) is 8.27. The highest BCUT2D eigenvalue weighted by molar-refractivity contribution is 7.97. The second-order valence-corrected chi connectivity index (χ2v) is 2.80. The number of aromatic nitrogens is 2. The molecule has 0 saturated carbocycles. The topological polar surface area (TPSA) is 54.9 Å². The minimum Gasteiger partial charge on any atom is -0.314 e. The van der Waals surface area contributed by atoms with Crippen molar-refractivity contribution in [1.29, 1.82) is 0 Å². The first-order valence-electron chi connectivity index (χ1n) is 3.03. The van der Waals surface area contributed by atoms with E-state index in [2.05, 4.69) is 4.98 Å². The normalized spacial score (nSPS) is 9.91. The summed E-state index contributed by atoms with van der Waals surface area (Å²) in [5.74, 6) is 0.398. The number of aromatic amines is 1. The molecule has 60 valence electrons. The van der Waals surface area contributed by atoms with Crippen molar-refractivity contribution in [2.24, 2.45) is 0 Å². The van der Waals surface area contributed by atoms with E-state index in [9.17, 15) is 9.59 Å². The van der Waals surface area contributed by atoms with E-state index in [1.807, 2.05) is 6.26 Å². The lowest BCUT2D eigenvalue weighted by Crippen LogP contribution is -2.32. The van der Waals surface area contributed by atoms with Crippen LogP contribution >= 0.6 is 11.8 Å². The lowest BCUT2D eigenvalue weighted by molar-refractivity contribution is 0.761. The molecule has 4 nitrogen and oxygen atoms in total. The monoisotopic (exact) mass is 172 g/mol. The molecule has 1 aromatic heterocycles. The van der Waals surface area contributed by atoms with Gasteiger partial charge in [-0.2, -0.15) is 0 Å². The molecule has 11 heavy (non-hydrogen) atoms. The summed E-state index contributed by atoms with van der Waals surface area (Å²) >= 11 is 1.43. The smallest absolute Gasteiger partial charge is 0.314 e. The van der Waals surface area contributed by atoms with Crippen molar-refractivity contribution in [3.8, 4) is 0 Å². The van der Waals surface area contributed by atoms with Gasteiger partial charge in [0.05, 0.1) is 5.88 Å². The molecule has 0 amide bonds. The van der Waals surface area contributed by atoms with E-state index in [4.69, 9.17) is 0 Å². The van der Waals surface area contributed by atoms with Crippen molar-refractivity contribution < 1.29 is 0 Å². The Hall–Kier alpha value is -0.970. The van der Waals surface area contributed by atoms with E-state index >= 15 is 0 Å². The molecule has 0 spiro atoms. The van der Waals surface area contributed by atoms with Gasteiger partial charge in [-0.3, -0.25) is 9.36 Å². The summed E-state index contributed by atoms with van der Waals surface area (Å²) in [7, 11) is 0. The fourth-order valence-corrected chi connectivity index (χ4v) is 1.21. The highest BCUT2D eigenvalue weighted by Gasteiger charge is 1.96. The van der Waals surface area contributed by atoms with Gasteiger partial charge in [0.25, 0.3) is 5.56 Å². The van der Waals surface area contributed by atoms with Crippen LogP contribution in [-0.2, 0) is 5.88 Å². The fourth-order valence-electron chi connectivity index (χ4n) is 0.704. The molecule has 1 N–H and O–H groups in total. The Labute approximate surface area is 67.3 Å². The second kappa shape index (κ2) is 3.43. The van der Waals surface area contributed by atoms with Gasteiger partial charge in [-0.25, -0.2) is 4.79 Å². The van der Waals surface area contributed by atoms with Crippen molar-refractivity contribution in [3.05, 3.63) is 33.1 Å². The summed E-state index contributed by atoms with van der Waals surface area (Å²) in [6, 6.07) is 1.33. The van der Waals surface area contributed by atoms with Gasteiger partial charge in [0.2, 0.25) is 0 Å². The summed E-state index contributed by atoms with van der Waals surface area (Å²) in [4.78, 5) is 24.3. The van der Waals surface area contributed by atoms with Gasteiger partial charge < -0.3 is 4.98 Å². The summed E-state index contributed by atoms with van der Waals surface area (Å²) in [6.45, 7) is 0. The van der Waals surface area contributed by atoms with Crippen LogP contribution in [-0.4, -0.2) is 15.8 Å². The minimum atomic E-state index is -0.355. The molecule has 0 aliphatic rings. The zero-order valence-corrected chi connectivity index (χ0v) is 6.85. The van der Waals surface area contributed by atoms with Crippen LogP contribution in [0.4, 0.5) is 0 Å². The van der Waals surface area contributed by atoms with E-state index in [1.165, 1.54) is 24.0 Å². The molecular weight excluding hydrogens is 164 g/mol. The van der Waals surface area contributed by atoms with Crippen molar-refractivity contribution >= 4 is 11.8 Å². The highest BCUT2D eigenvalue weighted by Crippen LogP contribution is 1.90. The fraction of sp³-hybridized carbons (Fsp3) is 0.333. The molecular formula is C6H8N2O2S. The van der Waals surface area contributed by atoms with Gasteiger partial charge in [-0.15, -0.1) is 11.8 Å². The van der Waals surface area contributed by atoms with Crippen LogP contribution in [0.25, 0.3) is 0 Å². The lowest BCUT2D eigenvalue weighted by Gasteiger charge is -1.98. The standard InChI is InChI=1S/C6H8N2O2S/c1-11-4-8-5(9)2-3-7-6(8)10/h2-3H,4H2,1H3,(H,7,10). The van der Waals surface area contributed by atoms with E-state index in [-0.39, 0.29) is 11.2 Å². The minimum absolute atomic E-state index is 0.261. The molecule has 0 radical (unpaired) electrons. The second-order valence-electron chi connectivity index (χ2n) is 1.97. The first-order valence-corrected chi connectivity index (χ1v) is 4.42. The first-order chi connectivity index (χ1) is 5.25. The lowest BCUT2D eigenvalue weighted by atomic mass is 10.6. The van der Waals surface area contributed by atoms with Crippen LogP contribution in [0, 0.1) is 0 Å². The van der Waals surface area contributed by atoms with Crippen LogP contribution < -0.4 is 11.2 Å². The van der Waals surface area contributed by atoms with Gasteiger partial charge in [0.15, 0.2) is 0 Å². The molecule has 0 saturated heterocycles. The van der Waals surface area contributed by atoms with Crippen LogP contribution in [0.5, 0.6) is 0 Å². The zero-order valence-electron chi connectivity index (χ0n) is 6.03.